The number of hydrogen-bond acceptors (Lipinski definition) is 5. The third-order valence-electron chi connectivity index (χ3n) is 4.70. The van der Waals surface area contributed by atoms with Crippen LogP contribution in [0.5, 0.6) is 0 Å². The van der Waals surface area contributed by atoms with Gasteiger partial charge in [0.1, 0.15) is 27.8 Å². The molecule has 0 aliphatic carbocycles. The molecule has 0 spiro atoms. The maximum atomic E-state index is 14.5. The summed E-state index contributed by atoms with van der Waals surface area (Å²) in [4.78, 5) is 14.1. The predicted octanol–water partition coefficient (Wildman–Crippen LogP) is 5.72. The lowest BCUT2D eigenvalue weighted by Crippen LogP contribution is -2.17. The van der Waals surface area contributed by atoms with Gasteiger partial charge in [-0.05, 0) is 56.3 Å². The molecule has 3 heterocycles. The first-order valence-corrected chi connectivity index (χ1v) is 10.7. The number of aromatic nitrogens is 4. The molecule has 0 amide bonds. The second-order valence-electron chi connectivity index (χ2n) is 7.53. The van der Waals surface area contributed by atoms with Gasteiger partial charge >= 0.3 is 0 Å². The van der Waals surface area contributed by atoms with Crippen LogP contribution in [0.2, 0.25) is 5.02 Å². The van der Waals surface area contributed by atoms with Crippen LogP contribution in [0.4, 0.5) is 4.39 Å². The first kappa shape index (κ1) is 21.5. The summed E-state index contributed by atoms with van der Waals surface area (Å²) in [6.45, 7) is 3.36. The number of aliphatic hydroxyl groups is 1. The molecule has 4 aromatic rings. The number of imidazole rings is 1. The summed E-state index contributed by atoms with van der Waals surface area (Å²) in [5.74, 6) is 0.249. The van der Waals surface area contributed by atoms with Crippen molar-refractivity contribution in [3.8, 4) is 22.8 Å². The summed E-state index contributed by atoms with van der Waals surface area (Å²) in [5.41, 5.74) is 1.61. The number of halogens is 2. The minimum absolute atomic E-state index is 0.340. The van der Waals surface area contributed by atoms with E-state index < -0.39 is 11.4 Å². The van der Waals surface area contributed by atoms with Crippen molar-refractivity contribution in [3.05, 3.63) is 77.5 Å². The highest BCUT2D eigenvalue weighted by Crippen LogP contribution is 2.39. The summed E-state index contributed by atoms with van der Waals surface area (Å²) >= 11 is 7.17. The molecule has 0 saturated carbocycles. The Hall–Kier alpha value is -2.74. The van der Waals surface area contributed by atoms with Gasteiger partial charge in [-0.15, -0.1) is 0 Å². The molecule has 4 rings (SSSR count). The molecule has 0 bridgehead atoms. The number of rotatable bonds is 5. The van der Waals surface area contributed by atoms with Crippen molar-refractivity contribution in [1.82, 2.24) is 19.5 Å². The van der Waals surface area contributed by atoms with Crippen molar-refractivity contribution in [3.63, 3.8) is 0 Å². The van der Waals surface area contributed by atoms with Gasteiger partial charge in [0.15, 0.2) is 5.82 Å². The van der Waals surface area contributed by atoms with Crippen LogP contribution in [0.1, 0.15) is 19.5 Å². The summed E-state index contributed by atoms with van der Waals surface area (Å²) in [6.07, 6.45) is 3.37. The minimum atomic E-state index is -1.05. The van der Waals surface area contributed by atoms with Crippen LogP contribution < -0.4 is 0 Å². The Balaban J connectivity index is 1.85. The molecule has 0 fully saturated rings. The van der Waals surface area contributed by atoms with Crippen molar-refractivity contribution in [1.29, 1.82) is 0 Å². The molecule has 0 radical (unpaired) electrons. The third kappa shape index (κ3) is 4.49. The molecule has 0 atom stereocenters. The first-order valence-electron chi connectivity index (χ1n) is 9.54. The molecule has 31 heavy (non-hydrogen) atoms. The maximum absolute atomic E-state index is 14.5. The molecule has 5 nitrogen and oxygen atoms in total. The number of pyridine rings is 2. The standard InChI is InChI=1S/C23H20ClFN4OS/c1-23(2,30)19-10-7-14(13-27-19)20-22(31-18-9-8-15(24)12-16(18)25)29(3)21(28-20)17-6-4-5-11-26-17/h4-13,30H,1-3H3. The van der Waals surface area contributed by atoms with E-state index in [0.717, 1.165) is 10.6 Å². The Bertz CT molecular complexity index is 1220. The third-order valence-corrected chi connectivity index (χ3v) is 6.15. The van der Waals surface area contributed by atoms with Crippen LogP contribution in [-0.2, 0) is 12.6 Å². The highest BCUT2D eigenvalue weighted by molar-refractivity contribution is 7.99. The van der Waals surface area contributed by atoms with Crippen LogP contribution in [0.15, 0.2) is 70.8 Å². The van der Waals surface area contributed by atoms with Crippen LogP contribution >= 0.6 is 23.4 Å². The average molecular weight is 455 g/mol. The summed E-state index contributed by atoms with van der Waals surface area (Å²) in [5, 5.41) is 11.3. The quantitative estimate of drug-likeness (QED) is 0.418. The van der Waals surface area contributed by atoms with Gasteiger partial charge in [0, 0.05) is 34.9 Å². The van der Waals surface area contributed by atoms with E-state index in [-0.39, 0.29) is 0 Å². The molecule has 0 aliphatic heterocycles. The first-order chi connectivity index (χ1) is 14.7. The van der Waals surface area contributed by atoms with Crippen molar-refractivity contribution in [2.24, 2.45) is 7.05 Å². The van der Waals surface area contributed by atoms with E-state index in [1.165, 1.54) is 17.8 Å². The Morgan fingerprint density at radius 3 is 2.52 bits per heavy atom. The van der Waals surface area contributed by atoms with Crippen molar-refractivity contribution in [2.75, 3.05) is 0 Å². The van der Waals surface area contributed by atoms with E-state index in [9.17, 15) is 9.50 Å². The zero-order valence-electron chi connectivity index (χ0n) is 17.2. The summed E-state index contributed by atoms with van der Waals surface area (Å²) < 4.78 is 16.4. The maximum Gasteiger partial charge on any atom is 0.159 e. The molecular weight excluding hydrogens is 435 g/mol. The monoisotopic (exact) mass is 454 g/mol. The van der Waals surface area contributed by atoms with Gasteiger partial charge in [0.2, 0.25) is 0 Å². The lowest BCUT2D eigenvalue weighted by Gasteiger charge is -2.16. The fourth-order valence-electron chi connectivity index (χ4n) is 3.07. The average Bonchev–Trinajstić information content (AvgIpc) is 3.06. The highest BCUT2D eigenvalue weighted by atomic mass is 35.5. The van der Waals surface area contributed by atoms with Crippen LogP contribution in [-0.4, -0.2) is 24.6 Å². The minimum Gasteiger partial charge on any atom is -0.384 e. The van der Waals surface area contributed by atoms with E-state index >= 15 is 0 Å². The summed E-state index contributed by atoms with van der Waals surface area (Å²) in [7, 11) is 1.87. The Labute approximate surface area is 189 Å². The molecule has 3 aromatic heterocycles. The van der Waals surface area contributed by atoms with Crippen LogP contribution in [0.3, 0.4) is 0 Å². The SMILES string of the molecule is Cn1c(-c2ccccn2)nc(-c2ccc(C(C)(C)O)nc2)c1Sc1ccc(Cl)cc1F. The van der Waals surface area contributed by atoms with Gasteiger partial charge in [-0.3, -0.25) is 9.97 Å². The van der Waals surface area contributed by atoms with Gasteiger partial charge in [0.05, 0.1) is 5.69 Å². The van der Waals surface area contributed by atoms with E-state index in [4.69, 9.17) is 16.6 Å². The van der Waals surface area contributed by atoms with Gasteiger partial charge < -0.3 is 9.67 Å². The van der Waals surface area contributed by atoms with Gasteiger partial charge in [-0.1, -0.05) is 29.4 Å². The molecule has 0 unspecified atom stereocenters. The molecule has 8 heteroatoms. The molecule has 158 valence electrons. The Morgan fingerprint density at radius 1 is 1.10 bits per heavy atom. The smallest absolute Gasteiger partial charge is 0.159 e. The highest BCUT2D eigenvalue weighted by Gasteiger charge is 2.22. The molecule has 1 N–H and O–H groups in total. The zero-order valence-corrected chi connectivity index (χ0v) is 18.7. The van der Waals surface area contributed by atoms with E-state index in [0.29, 0.717) is 32.8 Å². The lowest BCUT2D eigenvalue weighted by atomic mass is 10.0. The predicted molar refractivity (Wildman–Crippen MR) is 120 cm³/mol. The topological polar surface area (TPSA) is 63.8 Å². The molecular formula is C23H20ClFN4OS. The number of benzene rings is 1. The van der Waals surface area contributed by atoms with Gasteiger partial charge in [-0.25, -0.2) is 9.37 Å². The summed E-state index contributed by atoms with van der Waals surface area (Å²) in [6, 6.07) is 13.8. The molecule has 1 aromatic carbocycles. The Kier molecular flexibility index (Phi) is 5.83. The van der Waals surface area contributed by atoms with Crippen LogP contribution in [0, 0.1) is 5.82 Å². The van der Waals surface area contributed by atoms with E-state index in [1.54, 1.807) is 44.4 Å². The fourth-order valence-corrected chi connectivity index (χ4v) is 4.21. The van der Waals surface area contributed by atoms with E-state index in [2.05, 4.69) is 9.97 Å². The van der Waals surface area contributed by atoms with Crippen molar-refractivity contribution in [2.45, 2.75) is 29.4 Å². The zero-order chi connectivity index (χ0) is 22.2. The lowest BCUT2D eigenvalue weighted by molar-refractivity contribution is 0.0739. The Morgan fingerprint density at radius 2 is 1.90 bits per heavy atom. The second kappa shape index (κ2) is 8.42. The van der Waals surface area contributed by atoms with Crippen molar-refractivity contribution >= 4 is 23.4 Å². The fraction of sp³-hybridized carbons (Fsp3) is 0.174. The molecule has 0 saturated heterocycles. The normalized spacial score (nSPS) is 11.7. The number of nitrogens with zero attached hydrogens (tertiary/aromatic N) is 4. The second-order valence-corrected chi connectivity index (χ2v) is 9.00. The van der Waals surface area contributed by atoms with Gasteiger partial charge in [-0.2, -0.15) is 0 Å². The van der Waals surface area contributed by atoms with Crippen molar-refractivity contribution < 1.29 is 9.50 Å². The van der Waals surface area contributed by atoms with Gasteiger partial charge in [0.25, 0.3) is 0 Å². The van der Waals surface area contributed by atoms with Crippen LogP contribution in [0.25, 0.3) is 22.8 Å². The largest absolute Gasteiger partial charge is 0.384 e. The molecule has 0 aliphatic rings. The van der Waals surface area contributed by atoms with E-state index in [1.807, 2.05) is 35.9 Å². The number of hydrogen-bond donors (Lipinski definition) is 1.